The Morgan fingerprint density at radius 1 is 1.27 bits per heavy atom. The van der Waals surface area contributed by atoms with Crippen molar-refractivity contribution in [3.8, 4) is 0 Å². The molecule has 0 spiro atoms. The summed E-state index contributed by atoms with van der Waals surface area (Å²) in [5.41, 5.74) is 2.00. The predicted molar refractivity (Wildman–Crippen MR) is 86.5 cm³/mol. The van der Waals surface area contributed by atoms with Gasteiger partial charge in [0.1, 0.15) is 0 Å². The zero-order valence-corrected chi connectivity index (χ0v) is 13.5. The molecule has 0 bridgehead atoms. The smallest absolute Gasteiger partial charge is 0.286 e. The number of rotatable bonds is 4. The van der Waals surface area contributed by atoms with E-state index in [9.17, 15) is 4.79 Å². The number of amides is 1. The molecule has 0 atom stereocenters. The average molecular weight is 315 g/mol. The molecule has 3 rings (SSSR count). The molecule has 7 heteroatoms. The summed E-state index contributed by atoms with van der Waals surface area (Å²) in [5.74, 6) is 0.738. The van der Waals surface area contributed by atoms with Crippen molar-refractivity contribution in [3.63, 3.8) is 0 Å². The van der Waals surface area contributed by atoms with Crippen molar-refractivity contribution in [2.45, 2.75) is 33.1 Å². The Morgan fingerprint density at radius 2 is 2.00 bits per heavy atom. The molecule has 0 radical (unpaired) electrons. The lowest BCUT2D eigenvalue weighted by Crippen LogP contribution is -2.12. The Balaban J connectivity index is 1.82. The summed E-state index contributed by atoms with van der Waals surface area (Å²) in [5, 5.41) is 15.7. The van der Waals surface area contributed by atoms with Crippen LogP contribution < -0.4 is 5.32 Å². The summed E-state index contributed by atoms with van der Waals surface area (Å²) in [4.78, 5) is 12.9. The fourth-order valence-corrected chi connectivity index (χ4v) is 2.83. The van der Waals surface area contributed by atoms with Crippen molar-refractivity contribution in [2.24, 2.45) is 0 Å². The van der Waals surface area contributed by atoms with Crippen LogP contribution in [0.25, 0.3) is 4.96 Å². The largest absolute Gasteiger partial charge is 0.320 e. The van der Waals surface area contributed by atoms with E-state index in [0.29, 0.717) is 9.97 Å². The van der Waals surface area contributed by atoms with Gasteiger partial charge in [0.2, 0.25) is 9.97 Å². The van der Waals surface area contributed by atoms with Crippen LogP contribution in [0.3, 0.4) is 0 Å². The van der Waals surface area contributed by atoms with Crippen molar-refractivity contribution in [3.05, 3.63) is 40.7 Å². The molecule has 1 amide bonds. The first kappa shape index (κ1) is 14.6. The third-order valence-corrected chi connectivity index (χ3v) is 4.24. The molecule has 3 aromatic rings. The summed E-state index contributed by atoms with van der Waals surface area (Å²) in [6, 6.07) is 7.81. The lowest BCUT2D eigenvalue weighted by molar-refractivity contribution is 0.102. The summed E-state index contributed by atoms with van der Waals surface area (Å²) in [6.45, 7) is 6.13. The first-order valence-electron chi connectivity index (χ1n) is 7.21. The van der Waals surface area contributed by atoms with Crippen LogP contribution in [-0.4, -0.2) is 25.7 Å². The third kappa shape index (κ3) is 2.71. The number of fused-ring (bicyclic) bond motifs is 1. The van der Waals surface area contributed by atoms with Crippen LogP contribution in [0, 0.1) is 0 Å². The number of hydrogen-bond donors (Lipinski definition) is 1. The van der Waals surface area contributed by atoms with Crippen molar-refractivity contribution < 1.29 is 4.79 Å². The van der Waals surface area contributed by atoms with Crippen LogP contribution in [0.4, 0.5) is 5.69 Å². The van der Waals surface area contributed by atoms with Gasteiger partial charge in [0.25, 0.3) is 5.91 Å². The van der Waals surface area contributed by atoms with Gasteiger partial charge in [0.05, 0.1) is 0 Å². The molecular weight excluding hydrogens is 298 g/mol. The van der Waals surface area contributed by atoms with Crippen molar-refractivity contribution >= 4 is 27.9 Å². The van der Waals surface area contributed by atoms with Gasteiger partial charge >= 0.3 is 0 Å². The Labute approximate surface area is 132 Å². The highest BCUT2D eigenvalue weighted by molar-refractivity contribution is 7.18. The van der Waals surface area contributed by atoms with Crippen LogP contribution in [0.5, 0.6) is 0 Å². The van der Waals surface area contributed by atoms with Gasteiger partial charge in [-0.25, -0.2) is 0 Å². The second-order valence-corrected chi connectivity index (χ2v) is 6.28. The van der Waals surface area contributed by atoms with E-state index < -0.39 is 0 Å². The van der Waals surface area contributed by atoms with Crippen LogP contribution in [0.15, 0.2) is 24.3 Å². The highest BCUT2D eigenvalue weighted by atomic mass is 32.1. The number of aromatic nitrogens is 4. The van der Waals surface area contributed by atoms with Gasteiger partial charge in [-0.05, 0) is 24.1 Å². The van der Waals surface area contributed by atoms with Gasteiger partial charge in [-0.3, -0.25) is 4.79 Å². The van der Waals surface area contributed by atoms with E-state index >= 15 is 0 Å². The minimum Gasteiger partial charge on any atom is -0.320 e. The Hall–Kier alpha value is -2.28. The van der Waals surface area contributed by atoms with E-state index in [1.165, 1.54) is 16.9 Å². The number of aryl methyl sites for hydroxylation is 1. The van der Waals surface area contributed by atoms with Gasteiger partial charge in [-0.2, -0.15) is 4.52 Å². The number of nitrogens with zero attached hydrogens (tertiary/aromatic N) is 4. The van der Waals surface area contributed by atoms with Crippen LogP contribution >= 0.6 is 11.3 Å². The standard InChI is InChI=1S/C15H17N5OS/c1-4-10-5-7-11(8-6-10)16-13(21)14-19-20-12(9(2)3)17-18-15(20)22-14/h5-9H,4H2,1-3H3,(H,16,21). The number of hydrogen-bond acceptors (Lipinski definition) is 5. The second-order valence-electron chi connectivity index (χ2n) is 5.32. The lowest BCUT2D eigenvalue weighted by Gasteiger charge is -2.03. The SMILES string of the molecule is CCc1ccc(NC(=O)c2nn3c(C(C)C)nnc3s2)cc1. The molecule has 2 heterocycles. The number of benzene rings is 1. The van der Waals surface area contributed by atoms with Crippen molar-refractivity contribution in [2.75, 3.05) is 5.32 Å². The molecule has 1 N–H and O–H groups in total. The fraction of sp³-hybridized carbons (Fsp3) is 0.333. The first-order chi connectivity index (χ1) is 10.6. The van der Waals surface area contributed by atoms with Crippen molar-refractivity contribution in [1.82, 2.24) is 19.8 Å². The third-order valence-electron chi connectivity index (χ3n) is 3.35. The molecule has 0 saturated carbocycles. The van der Waals surface area contributed by atoms with E-state index in [0.717, 1.165) is 17.9 Å². The molecule has 22 heavy (non-hydrogen) atoms. The maximum Gasteiger partial charge on any atom is 0.286 e. The molecule has 0 aliphatic rings. The topological polar surface area (TPSA) is 72.2 Å². The quantitative estimate of drug-likeness (QED) is 0.803. The summed E-state index contributed by atoms with van der Waals surface area (Å²) >= 11 is 1.24. The zero-order valence-electron chi connectivity index (χ0n) is 12.7. The minimum atomic E-state index is -0.227. The van der Waals surface area contributed by atoms with E-state index in [2.05, 4.69) is 27.5 Å². The normalized spacial score (nSPS) is 11.3. The predicted octanol–water partition coefficient (Wildman–Crippen LogP) is 3.12. The highest BCUT2D eigenvalue weighted by Gasteiger charge is 2.18. The molecule has 114 valence electrons. The molecule has 0 fully saturated rings. The molecule has 2 aromatic heterocycles. The fourth-order valence-electron chi connectivity index (χ4n) is 2.09. The molecular formula is C15H17N5OS. The summed E-state index contributed by atoms with van der Waals surface area (Å²) in [7, 11) is 0. The van der Waals surface area contributed by atoms with Crippen LogP contribution in [0.1, 0.15) is 47.9 Å². The summed E-state index contributed by atoms with van der Waals surface area (Å²) < 4.78 is 1.64. The Morgan fingerprint density at radius 3 is 2.64 bits per heavy atom. The summed E-state index contributed by atoms with van der Waals surface area (Å²) in [6.07, 6.45) is 0.975. The number of carbonyl (C=O) groups is 1. The molecule has 0 aliphatic carbocycles. The van der Waals surface area contributed by atoms with Gasteiger partial charge in [0.15, 0.2) is 5.82 Å². The Bertz CT molecular complexity index is 803. The van der Waals surface area contributed by atoms with Crippen molar-refractivity contribution in [1.29, 1.82) is 0 Å². The van der Waals surface area contributed by atoms with Gasteiger partial charge < -0.3 is 5.32 Å². The zero-order chi connectivity index (χ0) is 15.7. The van der Waals surface area contributed by atoms with Gasteiger partial charge in [-0.15, -0.1) is 15.3 Å². The van der Waals surface area contributed by atoms with E-state index in [1.54, 1.807) is 4.52 Å². The van der Waals surface area contributed by atoms with E-state index in [1.807, 2.05) is 38.1 Å². The molecule has 0 unspecified atom stereocenters. The number of nitrogens with one attached hydrogen (secondary N) is 1. The van der Waals surface area contributed by atoms with Gasteiger partial charge in [0, 0.05) is 11.6 Å². The molecule has 6 nitrogen and oxygen atoms in total. The molecule has 1 aromatic carbocycles. The highest BCUT2D eigenvalue weighted by Crippen LogP contribution is 2.19. The average Bonchev–Trinajstić information content (AvgIpc) is 3.07. The van der Waals surface area contributed by atoms with E-state index in [-0.39, 0.29) is 11.8 Å². The number of carbonyl (C=O) groups excluding carboxylic acids is 1. The minimum absolute atomic E-state index is 0.203. The monoisotopic (exact) mass is 315 g/mol. The van der Waals surface area contributed by atoms with Gasteiger partial charge in [-0.1, -0.05) is 44.2 Å². The maximum atomic E-state index is 12.3. The first-order valence-corrected chi connectivity index (χ1v) is 8.02. The molecule has 0 aliphatic heterocycles. The van der Waals surface area contributed by atoms with Crippen LogP contribution in [-0.2, 0) is 6.42 Å². The van der Waals surface area contributed by atoms with E-state index in [4.69, 9.17) is 0 Å². The molecule has 0 saturated heterocycles. The number of anilines is 1. The lowest BCUT2D eigenvalue weighted by atomic mass is 10.1. The Kier molecular flexibility index (Phi) is 3.89. The van der Waals surface area contributed by atoms with Crippen LogP contribution in [0.2, 0.25) is 0 Å². The second kappa shape index (κ2) is 5.84. The maximum absolute atomic E-state index is 12.3.